The molecule has 0 aliphatic rings. The van der Waals surface area contributed by atoms with E-state index in [0.717, 1.165) is 22.9 Å². The quantitative estimate of drug-likeness (QED) is 0.874. The molecule has 2 aromatic rings. The number of halogens is 3. The van der Waals surface area contributed by atoms with Gasteiger partial charge in [0.15, 0.2) is 0 Å². The molecule has 0 spiro atoms. The number of ether oxygens (including phenoxy) is 1. The van der Waals surface area contributed by atoms with E-state index in [1.54, 1.807) is 0 Å². The Morgan fingerprint density at radius 3 is 2.55 bits per heavy atom. The molecule has 0 radical (unpaired) electrons. The number of carbonyl (C=O) groups is 2. The second kappa shape index (κ2) is 6.14. The third kappa shape index (κ3) is 3.61. The van der Waals surface area contributed by atoms with Crippen LogP contribution in [0, 0.1) is 0 Å². The van der Waals surface area contributed by atoms with Gasteiger partial charge in [-0.05, 0) is 17.5 Å². The number of thiophene rings is 1. The molecule has 1 amide bonds. The summed E-state index contributed by atoms with van der Waals surface area (Å²) in [6.45, 7) is -0.517. The van der Waals surface area contributed by atoms with Crippen molar-refractivity contribution in [1.29, 1.82) is 0 Å². The van der Waals surface area contributed by atoms with Crippen LogP contribution in [0.2, 0.25) is 0 Å². The van der Waals surface area contributed by atoms with Gasteiger partial charge in [-0.25, -0.2) is 9.78 Å². The number of pyridine rings is 1. The van der Waals surface area contributed by atoms with Gasteiger partial charge in [-0.15, -0.1) is 0 Å². The predicted octanol–water partition coefficient (Wildman–Crippen LogP) is 2.62. The standard InChI is InChI=1S/C13H9F3N2O3S/c14-13(15,16)9-6-22-5-8(9)4-21-12(20)10-2-1-7(3-18-10)11(17)19/h1-3,5-6H,4H2,(H2,17,19). The van der Waals surface area contributed by atoms with Gasteiger partial charge in [-0.2, -0.15) is 24.5 Å². The average Bonchev–Trinajstić information content (AvgIpc) is 2.93. The first-order chi connectivity index (χ1) is 10.3. The summed E-state index contributed by atoms with van der Waals surface area (Å²) in [5.41, 5.74) is 4.04. The summed E-state index contributed by atoms with van der Waals surface area (Å²) in [5, 5.41) is 2.21. The van der Waals surface area contributed by atoms with Crippen LogP contribution in [-0.4, -0.2) is 16.9 Å². The van der Waals surface area contributed by atoms with Gasteiger partial charge < -0.3 is 10.5 Å². The maximum Gasteiger partial charge on any atom is 0.417 e. The van der Waals surface area contributed by atoms with Crippen LogP contribution in [0.25, 0.3) is 0 Å². The maximum absolute atomic E-state index is 12.7. The van der Waals surface area contributed by atoms with Crippen LogP contribution in [0.4, 0.5) is 13.2 Å². The number of alkyl halides is 3. The van der Waals surface area contributed by atoms with E-state index < -0.39 is 30.2 Å². The number of primary amides is 1. The van der Waals surface area contributed by atoms with E-state index in [1.165, 1.54) is 17.5 Å². The first-order valence-electron chi connectivity index (χ1n) is 5.84. The highest BCUT2D eigenvalue weighted by molar-refractivity contribution is 7.08. The second-order valence-electron chi connectivity index (χ2n) is 4.18. The van der Waals surface area contributed by atoms with Gasteiger partial charge >= 0.3 is 12.1 Å². The number of hydrogen-bond donors (Lipinski definition) is 1. The summed E-state index contributed by atoms with van der Waals surface area (Å²) in [6, 6.07) is 2.48. The van der Waals surface area contributed by atoms with E-state index >= 15 is 0 Å². The Labute approximate surface area is 126 Å². The first-order valence-corrected chi connectivity index (χ1v) is 6.78. The minimum atomic E-state index is -4.50. The maximum atomic E-state index is 12.7. The number of nitrogens with zero attached hydrogens (tertiary/aromatic N) is 1. The Hall–Kier alpha value is -2.42. The molecule has 2 heterocycles. The summed E-state index contributed by atoms with van der Waals surface area (Å²) in [6.07, 6.45) is -3.41. The summed E-state index contributed by atoms with van der Waals surface area (Å²) < 4.78 is 42.8. The topological polar surface area (TPSA) is 82.3 Å². The van der Waals surface area contributed by atoms with Crippen LogP contribution >= 0.6 is 11.3 Å². The zero-order valence-electron chi connectivity index (χ0n) is 10.9. The lowest BCUT2D eigenvalue weighted by atomic mass is 10.2. The molecule has 0 atom stereocenters. The molecule has 0 unspecified atom stereocenters. The largest absolute Gasteiger partial charge is 0.456 e. The van der Waals surface area contributed by atoms with Crippen LogP contribution in [0.15, 0.2) is 29.1 Å². The average molecular weight is 330 g/mol. The first kappa shape index (κ1) is 16.0. The Kier molecular flexibility index (Phi) is 4.45. The lowest BCUT2D eigenvalue weighted by Gasteiger charge is -2.08. The summed E-state index contributed by atoms with van der Waals surface area (Å²) in [5.74, 6) is -1.60. The van der Waals surface area contributed by atoms with E-state index in [4.69, 9.17) is 10.5 Å². The molecule has 9 heteroatoms. The number of carbonyl (C=O) groups excluding carboxylic acids is 2. The highest BCUT2D eigenvalue weighted by Gasteiger charge is 2.34. The fourth-order valence-corrected chi connectivity index (χ4v) is 2.41. The van der Waals surface area contributed by atoms with Crippen molar-refractivity contribution >= 4 is 23.2 Å². The van der Waals surface area contributed by atoms with E-state index in [9.17, 15) is 22.8 Å². The number of nitrogens with two attached hydrogens (primary N) is 1. The van der Waals surface area contributed by atoms with Crippen molar-refractivity contribution in [3.63, 3.8) is 0 Å². The molecule has 0 aliphatic heterocycles. The van der Waals surface area contributed by atoms with Crippen LogP contribution in [0.1, 0.15) is 32.0 Å². The van der Waals surface area contributed by atoms with Crippen LogP contribution in [0.5, 0.6) is 0 Å². The van der Waals surface area contributed by atoms with Crippen molar-refractivity contribution in [3.05, 3.63) is 51.5 Å². The van der Waals surface area contributed by atoms with Gasteiger partial charge in [0.1, 0.15) is 12.3 Å². The molecule has 2 rings (SSSR count). The number of amides is 1. The Bertz CT molecular complexity index is 695. The van der Waals surface area contributed by atoms with Gasteiger partial charge in [0, 0.05) is 17.1 Å². The molecule has 0 aromatic carbocycles. The lowest BCUT2D eigenvalue weighted by Crippen LogP contribution is -2.13. The summed E-state index contributed by atoms with van der Waals surface area (Å²) >= 11 is 0.867. The normalized spacial score (nSPS) is 11.2. The molecule has 0 bridgehead atoms. The molecular weight excluding hydrogens is 321 g/mol. The molecule has 0 fully saturated rings. The van der Waals surface area contributed by atoms with Gasteiger partial charge in [0.05, 0.1) is 11.1 Å². The van der Waals surface area contributed by atoms with Crippen LogP contribution in [0.3, 0.4) is 0 Å². The van der Waals surface area contributed by atoms with Crippen molar-refractivity contribution in [2.75, 3.05) is 0 Å². The Balaban J connectivity index is 2.04. The van der Waals surface area contributed by atoms with E-state index in [1.807, 2.05) is 0 Å². The van der Waals surface area contributed by atoms with Crippen molar-refractivity contribution in [2.45, 2.75) is 12.8 Å². The molecule has 22 heavy (non-hydrogen) atoms. The smallest absolute Gasteiger partial charge is 0.417 e. The number of hydrogen-bond acceptors (Lipinski definition) is 5. The lowest BCUT2D eigenvalue weighted by molar-refractivity contribution is -0.138. The fraction of sp³-hybridized carbons (Fsp3) is 0.154. The molecule has 2 N–H and O–H groups in total. The molecule has 0 aliphatic carbocycles. The molecular formula is C13H9F3N2O3S. The van der Waals surface area contributed by atoms with Crippen molar-refractivity contribution in [3.8, 4) is 0 Å². The van der Waals surface area contributed by atoms with Gasteiger partial charge in [-0.1, -0.05) is 0 Å². The minimum Gasteiger partial charge on any atom is -0.456 e. The van der Waals surface area contributed by atoms with E-state index in [2.05, 4.69) is 4.98 Å². The fourth-order valence-electron chi connectivity index (χ4n) is 1.56. The predicted molar refractivity (Wildman–Crippen MR) is 71.2 cm³/mol. The molecule has 0 saturated heterocycles. The Morgan fingerprint density at radius 2 is 2.00 bits per heavy atom. The number of esters is 1. The Morgan fingerprint density at radius 1 is 1.27 bits per heavy atom. The van der Waals surface area contributed by atoms with Gasteiger partial charge in [0.2, 0.25) is 5.91 Å². The summed E-state index contributed by atoms with van der Waals surface area (Å²) in [7, 11) is 0. The third-order valence-corrected chi connectivity index (χ3v) is 3.46. The molecule has 2 aromatic heterocycles. The number of rotatable bonds is 4. The van der Waals surface area contributed by atoms with Gasteiger partial charge in [-0.3, -0.25) is 4.79 Å². The van der Waals surface area contributed by atoms with Crippen LogP contribution in [-0.2, 0) is 17.5 Å². The highest BCUT2D eigenvalue weighted by Crippen LogP contribution is 2.34. The summed E-state index contributed by atoms with van der Waals surface area (Å²) in [4.78, 5) is 26.2. The van der Waals surface area contributed by atoms with Gasteiger partial charge in [0.25, 0.3) is 0 Å². The second-order valence-corrected chi connectivity index (χ2v) is 4.92. The van der Waals surface area contributed by atoms with E-state index in [-0.39, 0.29) is 16.8 Å². The van der Waals surface area contributed by atoms with E-state index in [0.29, 0.717) is 0 Å². The van der Waals surface area contributed by atoms with Crippen LogP contribution < -0.4 is 5.73 Å². The SMILES string of the molecule is NC(=O)c1ccc(C(=O)OCc2cscc2C(F)(F)F)nc1. The highest BCUT2D eigenvalue weighted by atomic mass is 32.1. The minimum absolute atomic E-state index is 0.105. The third-order valence-electron chi connectivity index (χ3n) is 2.66. The zero-order chi connectivity index (χ0) is 16.3. The number of aromatic nitrogens is 1. The monoisotopic (exact) mass is 330 g/mol. The van der Waals surface area contributed by atoms with Crippen molar-refractivity contribution in [2.24, 2.45) is 5.73 Å². The van der Waals surface area contributed by atoms with Crippen molar-refractivity contribution in [1.82, 2.24) is 4.98 Å². The molecule has 5 nitrogen and oxygen atoms in total. The molecule has 116 valence electrons. The molecule has 0 saturated carbocycles. The zero-order valence-corrected chi connectivity index (χ0v) is 11.7. The van der Waals surface area contributed by atoms with Crippen molar-refractivity contribution < 1.29 is 27.5 Å².